The van der Waals surface area contributed by atoms with Gasteiger partial charge in [0.1, 0.15) is 5.82 Å². The SMILES string of the molecule is Fc1cc(-c2ccc(-c3ccccc3)cc2)ccc1-c1nc(-c2ccccc2)nc(-c2ccccc2)n1. The van der Waals surface area contributed by atoms with Crippen LogP contribution in [0.3, 0.4) is 0 Å². The van der Waals surface area contributed by atoms with E-state index in [2.05, 4.69) is 39.2 Å². The Morgan fingerprint density at radius 1 is 0.351 bits per heavy atom. The lowest BCUT2D eigenvalue weighted by molar-refractivity contribution is 0.630. The van der Waals surface area contributed by atoms with Gasteiger partial charge in [-0.3, -0.25) is 0 Å². The van der Waals surface area contributed by atoms with Gasteiger partial charge in [0.2, 0.25) is 0 Å². The van der Waals surface area contributed by atoms with E-state index < -0.39 is 0 Å². The summed E-state index contributed by atoms with van der Waals surface area (Å²) >= 11 is 0. The molecule has 6 rings (SSSR count). The highest BCUT2D eigenvalue weighted by atomic mass is 19.1. The Hall–Kier alpha value is -4.96. The predicted molar refractivity (Wildman–Crippen MR) is 147 cm³/mol. The first kappa shape index (κ1) is 22.5. The molecular formula is C33H22FN3. The van der Waals surface area contributed by atoms with Crippen LogP contribution in [0.25, 0.3) is 56.4 Å². The fourth-order valence-corrected chi connectivity index (χ4v) is 4.29. The molecule has 0 bridgehead atoms. The highest BCUT2D eigenvalue weighted by Gasteiger charge is 2.15. The Labute approximate surface area is 215 Å². The molecule has 0 aliphatic rings. The molecule has 0 radical (unpaired) electrons. The minimum Gasteiger partial charge on any atom is -0.208 e. The van der Waals surface area contributed by atoms with Crippen molar-refractivity contribution in [3.8, 4) is 56.4 Å². The van der Waals surface area contributed by atoms with Gasteiger partial charge in [0.15, 0.2) is 17.5 Å². The van der Waals surface area contributed by atoms with E-state index in [0.29, 0.717) is 23.0 Å². The minimum absolute atomic E-state index is 0.302. The lowest BCUT2D eigenvalue weighted by Gasteiger charge is -2.10. The predicted octanol–water partition coefficient (Wildman–Crippen LogP) is 8.35. The van der Waals surface area contributed by atoms with E-state index in [0.717, 1.165) is 33.4 Å². The molecule has 37 heavy (non-hydrogen) atoms. The minimum atomic E-state index is -0.381. The number of hydrogen-bond acceptors (Lipinski definition) is 3. The molecule has 0 unspecified atom stereocenters. The molecule has 0 N–H and O–H groups in total. The Morgan fingerprint density at radius 3 is 1.22 bits per heavy atom. The molecule has 0 aliphatic carbocycles. The van der Waals surface area contributed by atoms with Crippen LogP contribution in [-0.2, 0) is 0 Å². The van der Waals surface area contributed by atoms with E-state index in [4.69, 9.17) is 0 Å². The van der Waals surface area contributed by atoms with Crippen molar-refractivity contribution >= 4 is 0 Å². The van der Waals surface area contributed by atoms with Gasteiger partial charge in [0, 0.05) is 11.1 Å². The number of rotatable bonds is 5. The second kappa shape index (κ2) is 9.96. The first-order chi connectivity index (χ1) is 18.2. The van der Waals surface area contributed by atoms with Crippen LogP contribution in [0.15, 0.2) is 133 Å². The van der Waals surface area contributed by atoms with Crippen molar-refractivity contribution in [2.45, 2.75) is 0 Å². The van der Waals surface area contributed by atoms with Gasteiger partial charge in [-0.2, -0.15) is 0 Å². The largest absolute Gasteiger partial charge is 0.208 e. The third-order valence-electron chi connectivity index (χ3n) is 6.23. The molecule has 1 heterocycles. The van der Waals surface area contributed by atoms with E-state index in [-0.39, 0.29) is 5.82 Å². The van der Waals surface area contributed by atoms with Crippen molar-refractivity contribution in [3.63, 3.8) is 0 Å². The lowest BCUT2D eigenvalue weighted by Crippen LogP contribution is -2.01. The number of hydrogen-bond donors (Lipinski definition) is 0. The monoisotopic (exact) mass is 479 g/mol. The second-order valence-electron chi connectivity index (χ2n) is 8.68. The molecule has 0 atom stereocenters. The van der Waals surface area contributed by atoms with Crippen LogP contribution in [0.5, 0.6) is 0 Å². The molecule has 0 saturated carbocycles. The molecule has 0 spiro atoms. The molecule has 4 heteroatoms. The van der Waals surface area contributed by atoms with Crippen LogP contribution < -0.4 is 0 Å². The maximum absolute atomic E-state index is 15.5. The maximum atomic E-state index is 15.5. The Bertz CT molecular complexity index is 1590. The molecule has 0 aliphatic heterocycles. The first-order valence-corrected chi connectivity index (χ1v) is 12.1. The van der Waals surface area contributed by atoms with E-state index in [1.54, 1.807) is 12.1 Å². The number of aromatic nitrogens is 3. The number of nitrogens with zero attached hydrogens (tertiary/aromatic N) is 3. The molecule has 1 aromatic heterocycles. The number of benzene rings is 5. The molecule has 0 fully saturated rings. The van der Waals surface area contributed by atoms with Gasteiger partial charge in [-0.25, -0.2) is 19.3 Å². The lowest BCUT2D eigenvalue weighted by atomic mass is 9.99. The van der Waals surface area contributed by atoms with Gasteiger partial charge < -0.3 is 0 Å². The van der Waals surface area contributed by atoms with Gasteiger partial charge in [-0.05, 0) is 34.4 Å². The fourth-order valence-electron chi connectivity index (χ4n) is 4.29. The smallest absolute Gasteiger partial charge is 0.167 e. The summed E-state index contributed by atoms with van der Waals surface area (Å²) < 4.78 is 15.5. The van der Waals surface area contributed by atoms with E-state index in [9.17, 15) is 0 Å². The average Bonchev–Trinajstić information content (AvgIpc) is 2.98. The summed E-state index contributed by atoms with van der Waals surface area (Å²) in [5, 5.41) is 0. The number of halogens is 1. The quantitative estimate of drug-likeness (QED) is 0.249. The van der Waals surface area contributed by atoms with Crippen molar-refractivity contribution in [3.05, 3.63) is 139 Å². The molecule has 176 valence electrons. The molecule has 5 aromatic carbocycles. The molecule has 3 nitrogen and oxygen atoms in total. The van der Waals surface area contributed by atoms with Gasteiger partial charge >= 0.3 is 0 Å². The van der Waals surface area contributed by atoms with E-state index >= 15 is 4.39 Å². The van der Waals surface area contributed by atoms with Crippen molar-refractivity contribution < 1.29 is 4.39 Å². The summed E-state index contributed by atoms with van der Waals surface area (Å²) in [6, 6.07) is 42.9. The van der Waals surface area contributed by atoms with Crippen LogP contribution in [0.2, 0.25) is 0 Å². The summed E-state index contributed by atoms with van der Waals surface area (Å²) in [6.45, 7) is 0. The second-order valence-corrected chi connectivity index (χ2v) is 8.68. The molecule has 6 aromatic rings. The zero-order valence-electron chi connectivity index (χ0n) is 19.9. The first-order valence-electron chi connectivity index (χ1n) is 12.1. The average molecular weight is 480 g/mol. The van der Waals surface area contributed by atoms with Gasteiger partial charge in [0.25, 0.3) is 0 Å². The summed E-state index contributed by atoms with van der Waals surface area (Å²) in [7, 11) is 0. The van der Waals surface area contributed by atoms with Crippen LogP contribution in [0, 0.1) is 5.82 Å². The van der Waals surface area contributed by atoms with Crippen molar-refractivity contribution in [2.24, 2.45) is 0 Å². The van der Waals surface area contributed by atoms with Gasteiger partial charge in [0.05, 0.1) is 5.56 Å². The van der Waals surface area contributed by atoms with Crippen molar-refractivity contribution in [2.75, 3.05) is 0 Å². The normalized spacial score (nSPS) is 10.8. The molecular weight excluding hydrogens is 457 g/mol. The van der Waals surface area contributed by atoms with Crippen LogP contribution >= 0.6 is 0 Å². The standard InChI is InChI=1S/C33H22FN3/c34-30-22-28(25-18-16-24(17-19-25)23-10-4-1-5-11-23)20-21-29(30)33-36-31(26-12-6-2-7-13-26)35-32(37-33)27-14-8-3-9-15-27/h1-22H. The van der Waals surface area contributed by atoms with E-state index in [1.165, 1.54) is 0 Å². The Balaban J connectivity index is 1.39. The molecule has 0 amide bonds. The van der Waals surface area contributed by atoms with Crippen LogP contribution in [-0.4, -0.2) is 15.0 Å². The van der Waals surface area contributed by atoms with Gasteiger partial charge in [-0.15, -0.1) is 0 Å². The van der Waals surface area contributed by atoms with Crippen LogP contribution in [0.1, 0.15) is 0 Å². The zero-order chi connectivity index (χ0) is 25.0. The summed E-state index contributed by atoms with van der Waals surface area (Å²) in [5.41, 5.74) is 6.03. The maximum Gasteiger partial charge on any atom is 0.167 e. The molecule has 0 saturated heterocycles. The highest BCUT2D eigenvalue weighted by Crippen LogP contribution is 2.30. The fraction of sp³-hybridized carbons (Fsp3) is 0. The summed E-state index contributed by atoms with van der Waals surface area (Å²) in [5.74, 6) is 0.930. The topological polar surface area (TPSA) is 38.7 Å². The van der Waals surface area contributed by atoms with E-state index in [1.807, 2.05) is 97.1 Å². The Morgan fingerprint density at radius 2 is 0.730 bits per heavy atom. The van der Waals surface area contributed by atoms with Gasteiger partial charge in [-0.1, -0.05) is 121 Å². The zero-order valence-corrected chi connectivity index (χ0v) is 19.9. The van der Waals surface area contributed by atoms with Crippen molar-refractivity contribution in [1.82, 2.24) is 15.0 Å². The third kappa shape index (κ3) is 4.78. The summed E-state index contributed by atoms with van der Waals surface area (Å²) in [6.07, 6.45) is 0. The van der Waals surface area contributed by atoms with Crippen LogP contribution in [0.4, 0.5) is 4.39 Å². The third-order valence-corrected chi connectivity index (χ3v) is 6.23. The summed E-state index contributed by atoms with van der Waals surface area (Å²) in [4.78, 5) is 14.0. The highest BCUT2D eigenvalue weighted by molar-refractivity contribution is 5.73. The van der Waals surface area contributed by atoms with Crippen molar-refractivity contribution in [1.29, 1.82) is 0 Å². The Kier molecular flexibility index (Phi) is 6.05.